The number of rotatable bonds is 6. The van der Waals surface area contributed by atoms with E-state index in [1.807, 2.05) is 0 Å². The monoisotopic (exact) mass is 297 g/mol. The zero-order chi connectivity index (χ0) is 15.2. The van der Waals surface area contributed by atoms with E-state index in [9.17, 15) is 13.9 Å². The molecule has 1 atom stereocenters. The molecule has 0 aliphatic heterocycles. The Morgan fingerprint density at radius 3 is 2.52 bits per heavy atom. The minimum atomic E-state index is -1.01. The Morgan fingerprint density at radius 2 is 1.86 bits per heavy atom. The third-order valence-corrected chi connectivity index (χ3v) is 4.63. The summed E-state index contributed by atoms with van der Waals surface area (Å²) in [6, 6.07) is 3.18. The standard InChI is InChI=1S/C17H25F2NO/c1-2-12-3-5-13(6-4-12)10-20-11-17(21)15-9-14(18)7-8-16(15)19/h7-9,12-13,17,20-21H,2-6,10-11H2,1H3. The molecule has 1 aliphatic rings. The second kappa shape index (κ2) is 7.85. The van der Waals surface area contributed by atoms with Gasteiger partial charge in [-0.25, -0.2) is 8.78 Å². The predicted molar refractivity (Wildman–Crippen MR) is 79.9 cm³/mol. The van der Waals surface area contributed by atoms with Crippen LogP contribution in [0, 0.1) is 23.5 Å². The molecule has 21 heavy (non-hydrogen) atoms. The molecule has 0 aromatic heterocycles. The van der Waals surface area contributed by atoms with E-state index in [1.54, 1.807) is 0 Å². The summed E-state index contributed by atoms with van der Waals surface area (Å²) in [6.07, 6.45) is 5.25. The van der Waals surface area contributed by atoms with Crippen LogP contribution in [-0.4, -0.2) is 18.2 Å². The van der Waals surface area contributed by atoms with Gasteiger partial charge >= 0.3 is 0 Å². The molecule has 1 unspecified atom stereocenters. The Labute approximate surface area is 125 Å². The number of aliphatic hydroxyl groups is 1. The number of halogens is 2. The van der Waals surface area contributed by atoms with Crippen molar-refractivity contribution in [2.75, 3.05) is 13.1 Å². The maximum absolute atomic E-state index is 13.5. The van der Waals surface area contributed by atoms with Gasteiger partial charge in [-0.15, -0.1) is 0 Å². The SMILES string of the molecule is CCC1CCC(CNCC(O)c2cc(F)ccc2F)CC1. The van der Waals surface area contributed by atoms with Crippen molar-refractivity contribution >= 4 is 0 Å². The average Bonchev–Trinajstić information content (AvgIpc) is 2.50. The molecule has 1 fully saturated rings. The summed E-state index contributed by atoms with van der Waals surface area (Å²) in [5, 5.41) is 13.2. The molecule has 0 bridgehead atoms. The zero-order valence-electron chi connectivity index (χ0n) is 12.6. The smallest absolute Gasteiger partial charge is 0.129 e. The molecule has 1 aromatic carbocycles. The Hall–Kier alpha value is -1.00. The number of hydrogen-bond acceptors (Lipinski definition) is 2. The third kappa shape index (κ3) is 4.75. The van der Waals surface area contributed by atoms with Gasteiger partial charge in [0.25, 0.3) is 0 Å². The van der Waals surface area contributed by atoms with Crippen LogP contribution < -0.4 is 5.32 Å². The molecule has 1 aliphatic carbocycles. The maximum Gasteiger partial charge on any atom is 0.129 e. The Morgan fingerprint density at radius 1 is 1.19 bits per heavy atom. The van der Waals surface area contributed by atoms with Crippen LogP contribution in [0.4, 0.5) is 8.78 Å². The lowest BCUT2D eigenvalue weighted by Crippen LogP contribution is -2.30. The highest BCUT2D eigenvalue weighted by Gasteiger charge is 2.20. The average molecular weight is 297 g/mol. The summed E-state index contributed by atoms with van der Waals surface area (Å²) in [6.45, 7) is 3.34. The van der Waals surface area contributed by atoms with Gasteiger partial charge in [-0.1, -0.05) is 26.2 Å². The van der Waals surface area contributed by atoms with Gasteiger partial charge in [0.15, 0.2) is 0 Å². The van der Waals surface area contributed by atoms with Crippen molar-refractivity contribution in [2.24, 2.45) is 11.8 Å². The molecular formula is C17H25F2NO. The van der Waals surface area contributed by atoms with Gasteiger partial charge in [0.05, 0.1) is 6.10 Å². The number of aliphatic hydroxyl groups excluding tert-OH is 1. The first-order valence-electron chi connectivity index (χ1n) is 7.93. The van der Waals surface area contributed by atoms with Crippen LogP contribution in [0.15, 0.2) is 18.2 Å². The number of nitrogens with one attached hydrogen (secondary N) is 1. The first-order chi connectivity index (χ1) is 10.1. The summed E-state index contributed by atoms with van der Waals surface area (Å²) < 4.78 is 26.6. The van der Waals surface area contributed by atoms with E-state index in [2.05, 4.69) is 12.2 Å². The molecular weight excluding hydrogens is 272 g/mol. The fourth-order valence-electron chi connectivity index (χ4n) is 3.15. The van der Waals surface area contributed by atoms with Gasteiger partial charge in [-0.2, -0.15) is 0 Å². The fourth-order valence-corrected chi connectivity index (χ4v) is 3.15. The van der Waals surface area contributed by atoms with Gasteiger partial charge in [0.2, 0.25) is 0 Å². The molecule has 118 valence electrons. The topological polar surface area (TPSA) is 32.3 Å². The van der Waals surface area contributed by atoms with Crippen LogP contribution in [0.1, 0.15) is 50.7 Å². The van der Waals surface area contributed by atoms with E-state index in [0.29, 0.717) is 5.92 Å². The predicted octanol–water partition coefficient (Wildman–Crippen LogP) is 3.80. The summed E-state index contributed by atoms with van der Waals surface area (Å²) in [7, 11) is 0. The van der Waals surface area contributed by atoms with Crippen LogP contribution in [0.5, 0.6) is 0 Å². The molecule has 2 N–H and O–H groups in total. The summed E-state index contributed by atoms with van der Waals surface area (Å²) in [4.78, 5) is 0. The van der Waals surface area contributed by atoms with Crippen LogP contribution in [0.3, 0.4) is 0 Å². The van der Waals surface area contributed by atoms with Crippen molar-refractivity contribution in [2.45, 2.75) is 45.1 Å². The number of benzene rings is 1. The highest BCUT2D eigenvalue weighted by molar-refractivity contribution is 5.21. The molecule has 2 nitrogen and oxygen atoms in total. The fraction of sp³-hybridized carbons (Fsp3) is 0.647. The molecule has 0 radical (unpaired) electrons. The van der Waals surface area contributed by atoms with Crippen molar-refractivity contribution in [3.8, 4) is 0 Å². The van der Waals surface area contributed by atoms with Crippen molar-refractivity contribution in [3.63, 3.8) is 0 Å². The van der Waals surface area contributed by atoms with Crippen molar-refractivity contribution in [3.05, 3.63) is 35.4 Å². The lowest BCUT2D eigenvalue weighted by molar-refractivity contribution is 0.164. The Kier molecular flexibility index (Phi) is 6.12. The van der Waals surface area contributed by atoms with Crippen molar-refractivity contribution < 1.29 is 13.9 Å². The molecule has 4 heteroatoms. The van der Waals surface area contributed by atoms with Gasteiger partial charge in [-0.05, 0) is 49.4 Å². The van der Waals surface area contributed by atoms with Crippen molar-refractivity contribution in [1.29, 1.82) is 0 Å². The van der Waals surface area contributed by atoms with Gasteiger partial charge < -0.3 is 10.4 Å². The minimum Gasteiger partial charge on any atom is -0.387 e. The van der Waals surface area contributed by atoms with Crippen molar-refractivity contribution in [1.82, 2.24) is 5.32 Å². The van der Waals surface area contributed by atoms with E-state index in [0.717, 1.165) is 30.7 Å². The highest BCUT2D eigenvalue weighted by Crippen LogP contribution is 2.30. The first kappa shape index (κ1) is 16.4. The zero-order valence-corrected chi connectivity index (χ0v) is 12.6. The van der Waals surface area contributed by atoms with E-state index in [-0.39, 0.29) is 12.1 Å². The second-order valence-electron chi connectivity index (χ2n) is 6.13. The van der Waals surface area contributed by atoms with Crippen LogP contribution in [-0.2, 0) is 0 Å². The van der Waals surface area contributed by atoms with Crippen LogP contribution in [0.2, 0.25) is 0 Å². The van der Waals surface area contributed by atoms with E-state index < -0.39 is 17.7 Å². The van der Waals surface area contributed by atoms with Gasteiger partial charge in [0.1, 0.15) is 11.6 Å². The lowest BCUT2D eigenvalue weighted by Gasteiger charge is -2.28. The summed E-state index contributed by atoms with van der Waals surface area (Å²) >= 11 is 0. The Balaban J connectivity index is 1.74. The molecule has 1 saturated carbocycles. The molecule has 0 heterocycles. The van der Waals surface area contributed by atoms with Crippen LogP contribution in [0.25, 0.3) is 0 Å². The molecule has 0 amide bonds. The minimum absolute atomic E-state index is 0.0252. The number of hydrogen-bond donors (Lipinski definition) is 2. The molecule has 2 rings (SSSR count). The van der Waals surface area contributed by atoms with Gasteiger partial charge in [0, 0.05) is 12.1 Å². The normalized spacial score (nSPS) is 24.0. The molecule has 0 spiro atoms. The largest absolute Gasteiger partial charge is 0.387 e. The molecule has 0 saturated heterocycles. The van der Waals surface area contributed by atoms with Gasteiger partial charge in [-0.3, -0.25) is 0 Å². The van der Waals surface area contributed by atoms with Crippen LogP contribution >= 0.6 is 0 Å². The quantitative estimate of drug-likeness (QED) is 0.837. The highest BCUT2D eigenvalue weighted by atomic mass is 19.1. The van der Waals surface area contributed by atoms with E-state index >= 15 is 0 Å². The first-order valence-corrected chi connectivity index (χ1v) is 7.93. The molecule has 1 aromatic rings. The second-order valence-corrected chi connectivity index (χ2v) is 6.13. The maximum atomic E-state index is 13.5. The summed E-state index contributed by atoms with van der Waals surface area (Å²) in [5.74, 6) is 0.420. The lowest BCUT2D eigenvalue weighted by atomic mass is 9.81. The van der Waals surface area contributed by atoms with E-state index in [1.165, 1.54) is 32.1 Å². The third-order valence-electron chi connectivity index (χ3n) is 4.63. The summed E-state index contributed by atoms with van der Waals surface area (Å²) in [5.41, 5.74) is 0.0252. The van der Waals surface area contributed by atoms with E-state index in [4.69, 9.17) is 0 Å². The Bertz CT molecular complexity index is 444.